The standard InChI is InChI=1S/C25H39N3O3S/c29-25(26-15-6-18-27-16-4-5-17-27)23-13-19-28(20-14-23)32(30,31)24-11-9-22(10-12-24)21-7-2-1-3-8-21/h9-12,21,23H,1-8,13-20H2,(H,26,29). The molecular weight excluding hydrogens is 422 g/mol. The summed E-state index contributed by atoms with van der Waals surface area (Å²) < 4.78 is 27.8. The molecule has 7 heteroatoms. The van der Waals surface area contributed by atoms with E-state index in [2.05, 4.69) is 10.2 Å². The molecule has 0 spiro atoms. The van der Waals surface area contributed by atoms with Gasteiger partial charge in [0.25, 0.3) is 0 Å². The Balaban J connectivity index is 1.23. The smallest absolute Gasteiger partial charge is 0.243 e. The van der Waals surface area contributed by atoms with Gasteiger partial charge in [-0.25, -0.2) is 8.42 Å². The molecule has 1 amide bonds. The summed E-state index contributed by atoms with van der Waals surface area (Å²) in [6.45, 7) is 4.96. The van der Waals surface area contributed by atoms with Gasteiger partial charge in [0.1, 0.15) is 0 Å². The molecule has 0 atom stereocenters. The van der Waals surface area contributed by atoms with Gasteiger partial charge < -0.3 is 10.2 Å². The number of likely N-dealkylation sites (tertiary alicyclic amines) is 1. The van der Waals surface area contributed by atoms with E-state index in [1.165, 1.54) is 63.6 Å². The Labute approximate surface area is 193 Å². The van der Waals surface area contributed by atoms with Crippen LogP contribution in [0.2, 0.25) is 0 Å². The zero-order valence-electron chi connectivity index (χ0n) is 19.3. The van der Waals surface area contributed by atoms with Crippen molar-refractivity contribution in [3.63, 3.8) is 0 Å². The summed E-state index contributed by atoms with van der Waals surface area (Å²) in [5.74, 6) is 0.576. The average molecular weight is 462 g/mol. The number of nitrogens with zero attached hydrogens (tertiary/aromatic N) is 2. The molecule has 32 heavy (non-hydrogen) atoms. The fraction of sp³-hybridized carbons (Fsp3) is 0.720. The quantitative estimate of drug-likeness (QED) is 0.599. The van der Waals surface area contributed by atoms with Gasteiger partial charge in [-0.3, -0.25) is 4.79 Å². The zero-order valence-corrected chi connectivity index (χ0v) is 20.1. The van der Waals surface area contributed by atoms with Crippen LogP contribution in [0.1, 0.15) is 75.7 Å². The average Bonchev–Trinajstić information content (AvgIpc) is 3.36. The van der Waals surface area contributed by atoms with Gasteiger partial charge in [0, 0.05) is 25.6 Å². The largest absolute Gasteiger partial charge is 0.356 e. The zero-order chi connectivity index (χ0) is 22.4. The van der Waals surface area contributed by atoms with Crippen LogP contribution in [-0.4, -0.2) is 62.8 Å². The Bertz CT molecular complexity index is 836. The van der Waals surface area contributed by atoms with E-state index in [0.717, 1.165) is 13.0 Å². The topological polar surface area (TPSA) is 69.7 Å². The maximum absolute atomic E-state index is 13.1. The van der Waals surface area contributed by atoms with Gasteiger partial charge in [-0.2, -0.15) is 4.31 Å². The molecule has 1 saturated carbocycles. The van der Waals surface area contributed by atoms with Crippen LogP contribution in [0, 0.1) is 5.92 Å². The van der Waals surface area contributed by atoms with Crippen LogP contribution in [-0.2, 0) is 14.8 Å². The SMILES string of the molecule is O=C(NCCCN1CCCC1)C1CCN(S(=O)(=O)c2ccc(C3CCCCC3)cc2)CC1. The van der Waals surface area contributed by atoms with E-state index in [0.29, 0.717) is 43.3 Å². The van der Waals surface area contributed by atoms with Crippen LogP contribution in [0.3, 0.4) is 0 Å². The Morgan fingerprint density at radius 2 is 1.53 bits per heavy atom. The minimum absolute atomic E-state index is 0.0816. The van der Waals surface area contributed by atoms with Crippen LogP contribution in [0.4, 0.5) is 0 Å². The fourth-order valence-electron chi connectivity index (χ4n) is 5.52. The van der Waals surface area contributed by atoms with Gasteiger partial charge in [0.05, 0.1) is 4.90 Å². The van der Waals surface area contributed by atoms with Gasteiger partial charge in [-0.15, -0.1) is 0 Å². The molecule has 3 aliphatic rings. The minimum atomic E-state index is -3.49. The molecule has 1 aromatic rings. The second-order valence-electron chi connectivity index (χ2n) is 9.78. The predicted octanol–water partition coefficient (Wildman–Crippen LogP) is 3.74. The highest BCUT2D eigenvalue weighted by atomic mass is 32.2. The summed E-state index contributed by atoms with van der Waals surface area (Å²) in [7, 11) is -3.49. The lowest BCUT2D eigenvalue weighted by molar-refractivity contribution is -0.126. The molecule has 1 aromatic carbocycles. The van der Waals surface area contributed by atoms with Crippen molar-refractivity contribution in [1.82, 2.24) is 14.5 Å². The summed E-state index contributed by atoms with van der Waals surface area (Å²) in [6, 6.07) is 7.56. The van der Waals surface area contributed by atoms with Crippen molar-refractivity contribution in [2.75, 3.05) is 39.3 Å². The second-order valence-corrected chi connectivity index (χ2v) is 11.7. The number of rotatable bonds is 8. The van der Waals surface area contributed by atoms with E-state index < -0.39 is 10.0 Å². The number of nitrogens with one attached hydrogen (secondary N) is 1. The van der Waals surface area contributed by atoms with Gasteiger partial charge in [-0.05, 0) is 88.2 Å². The molecular formula is C25H39N3O3S. The molecule has 0 radical (unpaired) electrons. The number of hydrogen-bond donors (Lipinski definition) is 1. The highest BCUT2D eigenvalue weighted by molar-refractivity contribution is 7.89. The van der Waals surface area contributed by atoms with E-state index in [9.17, 15) is 13.2 Å². The van der Waals surface area contributed by atoms with Crippen molar-refractivity contribution < 1.29 is 13.2 Å². The number of sulfonamides is 1. The van der Waals surface area contributed by atoms with Crippen LogP contribution in [0.15, 0.2) is 29.2 Å². The van der Waals surface area contributed by atoms with Crippen molar-refractivity contribution in [2.24, 2.45) is 5.92 Å². The lowest BCUT2D eigenvalue weighted by Crippen LogP contribution is -2.43. The first-order chi connectivity index (χ1) is 15.5. The Morgan fingerprint density at radius 1 is 0.875 bits per heavy atom. The second kappa shape index (κ2) is 11.1. The summed E-state index contributed by atoms with van der Waals surface area (Å²) in [6.07, 6.45) is 11.0. The summed E-state index contributed by atoms with van der Waals surface area (Å²) >= 11 is 0. The maximum atomic E-state index is 13.1. The first-order valence-electron chi connectivity index (χ1n) is 12.6. The van der Waals surface area contributed by atoms with Crippen LogP contribution >= 0.6 is 0 Å². The summed E-state index contributed by atoms with van der Waals surface area (Å²) in [5.41, 5.74) is 1.27. The molecule has 0 bridgehead atoms. The molecule has 2 saturated heterocycles. The van der Waals surface area contributed by atoms with Crippen molar-refractivity contribution in [3.05, 3.63) is 29.8 Å². The molecule has 2 heterocycles. The number of piperidine rings is 1. The first kappa shape index (κ1) is 23.7. The van der Waals surface area contributed by atoms with Crippen molar-refractivity contribution in [2.45, 2.75) is 75.0 Å². The van der Waals surface area contributed by atoms with E-state index in [1.807, 2.05) is 12.1 Å². The molecule has 6 nitrogen and oxygen atoms in total. The monoisotopic (exact) mass is 461 g/mol. The molecule has 3 fully saturated rings. The van der Waals surface area contributed by atoms with Gasteiger partial charge >= 0.3 is 0 Å². The van der Waals surface area contributed by atoms with Gasteiger partial charge in [-0.1, -0.05) is 31.4 Å². The van der Waals surface area contributed by atoms with E-state index in [1.54, 1.807) is 16.4 Å². The van der Waals surface area contributed by atoms with Crippen LogP contribution < -0.4 is 5.32 Å². The normalized spacial score (nSPS) is 22.2. The highest BCUT2D eigenvalue weighted by Crippen LogP contribution is 2.33. The van der Waals surface area contributed by atoms with Crippen molar-refractivity contribution in [1.29, 1.82) is 0 Å². The Hall–Kier alpha value is -1.44. The summed E-state index contributed by atoms with van der Waals surface area (Å²) in [4.78, 5) is 15.3. The molecule has 1 aliphatic carbocycles. The third-order valence-corrected chi connectivity index (χ3v) is 9.48. The van der Waals surface area contributed by atoms with Gasteiger partial charge in [0.2, 0.25) is 15.9 Å². The van der Waals surface area contributed by atoms with Crippen molar-refractivity contribution >= 4 is 15.9 Å². The maximum Gasteiger partial charge on any atom is 0.243 e. The molecule has 0 unspecified atom stereocenters. The number of carbonyl (C=O) groups is 1. The Morgan fingerprint density at radius 3 is 2.19 bits per heavy atom. The third-order valence-electron chi connectivity index (χ3n) is 7.57. The molecule has 2 aliphatic heterocycles. The van der Waals surface area contributed by atoms with Crippen molar-refractivity contribution in [3.8, 4) is 0 Å². The van der Waals surface area contributed by atoms with E-state index in [-0.39, 0.29) is 11.8 Å². The molecule has 4 rings (SSSR count). The third kappa shape index (κ3) is 5.91. The first-order valence-corrected chi connectivity index (χ1v) is 14.1. The molecule has 178 valence electrons. The molecule has 0 aromatic heterocycles. The lowest BCUT2D eigenvalue weighted by Gasteiger charge is -2.30. The number of carbonyl (C=O) groups excluding carboxylic acids is 1. The highest BCUT2D eigenvalue weighted by Gasteiger charge is 2.32. The lowest BCUT2D eigenvalue weighted by atomic mass is 9.84. The Kier molecular flexibility index (Phi) is 8.24. The van der Waals surface area contributed by atoms with Crippen LogP contribution in [0.5, 0.6) is 0 Å². The van der Waals surface area contributed by atoms with E-state index >= 15 is 0 Å². The van der Waals surface area contributed by atoms with E-state index in [4.69, 9.17) is 0 Å². The fourth-order valence-corrected chi connectivity index (χ4v) is 6.99. The van der Waals surface area contributed by atoms with Gasteiger partial charge in [0.15, 0.2) is 0 Å². The molecule has 1 N–H and O–H groups in total. The minimum Gasteiger partial charge on any atom is -0.356 e. The number of amides is 1. The number of hydrogen-bond acceptors (Lipinski definition) is 4. The van der Waals surface area contributed by atoms with Crippen LogP contribution in [0.25, 0.3) is 0 Å². The predicted molar refractivity (Wildman–Crippen MR) is 127 cm³/mol. The number of benzene rings is 1. The summed E-state index contributed by atoms with van der Waals surface area (Å²) in [5, 5.41) is 3.07.